The van der Waals surface area contributed by atoms with Gasteiger partial charge in [-0.15, -0.1) is 35.3 Å². The number of ether oxygens (including phenoxy) is 1. The quantitative estimate of drug-likeness (QED) is 0.282. The molecule has 1 heterocycles. The molecule has 2 rings (SSSR count). The van der Waals surface area contributed by atoms with E-state index >= 15 is 0 Å². The predicted octanol–water partition coefficient (Wildman–Crippen LogP) is 4.74. The molecule has 0 aliphatic heterocycles. The fraction of sp³-hybridized carbons (Fsp3) is 0.421. The third-order valence-corrected chi connectivity index (χ3v) is 4.47. The third kappa shape index (κ3) is 10.3. The lowest BCUT2D eigenvalue weighted by Gasteiger charge is -2.11. The van der Waals surface area contributed by atoms with E-state index in [1.165, 1.54) is 4.88 Å². The van der Waals surface area contributed by atoms with Gasteiger partial charge in [-0.2, -0.15) is 13.2 Å². The number of rotatable bonds is 9. The van der Waals surface area contributed by atoms with E-state index in [1.807, 2.05) is 25.1 Å². The van der Waals surface area contributed by atoms with Gasteiger partial charge in [0.05, 0.1) is 13.2 Å². The van der Waals surface area contributed by atoms with E-state index in [0.29, 0.717) is 18.1 Å². The second kappa shape index (κ2) is 13.0. The average Bonchev–Trinajstić information content (AvgIpc) is 3.12. The highest BCUT2D eigenvalue weighted by molar-refractivity contribution is 14.0. The van der Waals surface area contributed by atoms with Gasteiger partial charge in [0.2, 0.25) is 0 Å². The zero-order chi connectivity index (χ0) is 19.5. The minimum atomic E-state index is -4.31. The van der Waals surface area contributed by atoms with Crippen molar-refractivity contribution in [3.8, 4) is 0 Å². The van der Waals surface area contributed by atoms with Crippen LogP contribution in [0.3, 0.4) is 0 Å². The molecule has 1 aromatic heterocycles. The number of hydrogen-bond acceptors (Lipinski definition) is 3. The highest BCUT2D eigenvalue weighted by atomic mass is 127. The summed E-state index contributed by atoms with van der Waals surface area (Å²) in [5.41, 5.74) is 1.61. The summed E-state index contributed by atoms with van der Waals surface area (Å²) in [7, 11) is 0. The Hall–Kier alpha value is -1.33. The molecule has 1 aromatic carbocycles. The first-order valence-electron chi connectivity index (χ1n) is 8.73. The van der Waals surface area contributed by atoms with E-state index in [0.717, 1.165) is 25.1 Å². The molecule has 0 saturated carbocycles. The Morgan fingerprint density at radius 3 is 2.61 bits per heavy atom. The van der Waals surface area contributed by atoms with Gasteiger partial charge in [0, 0.05) is 18.0 Å². The van der Waals surface area contributed by atoms with Gasteiger partial charge in [0.25, 0.3) is 0 Å². The summed E-state index contributed by atoms with van der Waals surface area (Å²) in [6, 6.07) is 11.4. The summed E-state index contributed by atoms with van der Waals surface area (Å²) in [6.07, 6.45) is -3.38. The lowest BCUT2D eigenvalue weighted by molar-refractivity contribution is -0.176. The molecule has 0 fully saturated rings. The third-order valence-electron chi connectivity index (χ3n) is 3.53. The van der Waals surface area contributed by atoms with E-state index in [1.54, 1.807) is 23.5 Å². The minimum absolute atomic E-state index is 0. The molecule has 0 amide bonds. The Labute approximate surface area is 184 Å². The van der Waals surface area contributed by atoms with Crippen molar-refractivity contribution in [1.82, 2.24) is 10.6 Å². The molecule has 0 bridgehead atoms. The van der Waals surface area contributed by atoms with Crippen LogP contribution in [0.4, 0.5) is 13.2 Å². The second-order valence-corrected chi connectivity index (χ2v) is 6.91. The molecule has 0 atom stereocenters. The van der Waals surface area contributed by atoms with Crippen molar-refractivity contribution in [3.63, 3.8) is 0 Å². The smallest absolute Gasteiger partial charge is 0.367 e. The van der Waals surface area contributed by atoms with Crippen molar-refractivity contribution in [2.24, 2.45) is 4.99 Å². The Morgan fingerprint density at radius 1 is 1.14 bits per heavy atom. The SMILES string of the molecule is CCNC(=NCc1cccc(COCC(F)(F)F)c1)NCCc1cccs1.I. The van der Waals surface area contributed by atoms with Crippen molar-refractivity contribution in [3.05, 3.63) is 57.8 Å². The van der Waals surface area contributed by atoms with Gasteiger partial charge < -0.3 is 15.4 Å². The van der Waals surface area contributed by atoms with E-state index < -0.39 is 12.8 Å². The van der Waals surface area contributed by atoms with Crippen LogP contribution in [0.1, 0.15) is 22.9 Å². The maximum Gasteiger partial charge on any atom is 0.411 e. The number of aliphatic imine (C=N–C) groups is 1. The van der Waals surface area contributed by atoms with Gasteiger partial charge in [-0.1, -0.05) is 30.3 Å². The van der Waals surface area contributed by atoms with Crippen LogP contribution in [-0.4, -0.2) is 31.8 Å². The molecule has 0 unspecified atom stereocenters. The highest BCUT2D eigenvalue weighted by Crippen LogP contribution is 2.16. The lowest BCUT2D eigenvalue weighted by atomic mass is 10.1. The molecule has 2 N–H and O–H groups in total. The standard InChI is InChI=1S/C19H24F3N3OS.HI/c1-2-23-18(24-9-8-17-7-4-10-27-17)25-12-15-5-3-6-16(11-15)13-26-14-19(20,21)22;/h3-7,10-11H,2,8-9,12-14H2,1H3,(H2,23,24,25);1H. The predicted molar refractivity (Wildman–Crippen MR) is 118 cm³/mol. The molecular formula is C19H25F3IN3OS. The number of guanidine groups is 1. The van der Waals surface area contributed by atoms with Gasteiger partial charge in [-0.25, -0.2) is 4.99 Å². The highest BCUT2D eigenvalue weighted by Gasteiger charge is 2.27. The summed E-state index contributed by atoms with van der Waals surface area (Å²) in [4.78, 5) is 5.85. The van der Waals surface area contributed by atoms with Gasteiger partial charge in [-0.05, 0) is 35.9 Å². The van der Waals surface area contributed by atoms with Gasteiger partial charge in [0.15, 0.2) is 5.96 Å². The molecule has 0 aliphatic carbocycles. The Kier molecular flexibility index (Phi) is 11.5. The first-order chi connectivity index (χ1) is 13.0. The molecule has 28 heavy (non-hydrogen) atoms. The Bertz CT molecular complexity index is 709. The molecule has 4 nitrogen and oxygen atoms in total. The average molecular weight is 527 g/mol. The summed E-state index contributed by atoms with van der Waals surface area (Å²) < 4.78 is 41.2. The van der Waals surface area contributed by atoms with E-state index in [9.17, 15) is 13.2 Å². The van der Waals surface area contributed by atoms with Gasteiger partial charge >= 0.3 is 6.18 Å². The van der Waals surface area contributed by atoms with Gasteiger partial charge in [0.1, 0.15) is 6.61 Å². The van der Waals surface area contributed by atoms with Crippen molar-refractivity contribution < 1.29 is 17.9 Å². The van der Waals surface area contributed by atoms with Crippen LogP contribution in [0.15, 0.2) is 46.8 Å². The fourth-order valence-corrected chi connectivity index (χ4v) is 3.08. The van der Waals surface area contributed by atoms with Crippen molar-refractivity contribution in [2.75, 3.05) is 19.7 Å². The van der Waals surface area contributed by atoms with Crippen molar-refractivity contribution >= 4 is 41.3 Å². The van der Waals surface area contributed by atoms with Crippen LogP contribution in [0.5, 0.6) is 0 Å². The molecule has 0 aliphatic rings. The summed E-state index contributed by atoms with van der Waals surface area (Å²) >= 11 is 1.73. The number of hydrogen-bond donors (Lipinski definition) is 2. The van der Waals surface area contributed by atoms with Crippen LogP contribution in [-0.2, 0) is 24.3 Å². The van der Waals surface area contributed by atoms with Crippen molar-refractivity contribution in [1.29, 1.82) is 0 Å². The number of benzene rings is 1. The maximum absolute atomic E-state index is 12.2. The Morgan fingerprint density at radius 2 is 1.93 bits per heavy atom. The van der Waals surface area contributed by atoms with Crippen LogP contribution < -0.4 is 10.6 Å². The first-order valence-corrected chi connectivity index (χ1v) is 9.61. The lowest BCUT2D eigenvalue weighted by Crippen LogP contribution is -2.38. The van der Waals surface area contributed by atoms with Crippen LogP contribution >= 0.6 is 35.3 Å². The number of nitrogens with zero attached hydrogens (tertiary/aromatic N) is 1. The fourth-order valence-electron chi connectivity index (χ4n) is 2.37. The molecule has 0 radical (unpaired) electrons. The number of alkyl halides is 3. The molecule has 0 saturated heterocycles. The van der Waals surface area contributed by atoms with Gasteiger partial charge in [-0.3, -0.25) is 0 Å². The second-order valence-electron chi connectivity index (χ2n) is 5.88. The zero-order valence-electron chi connectivity index (χ0n) is 15.6. The number of nitrogens with one attached hydrogen (secondary N) is 2. The maximum atomic E-state index is 12.2. The van der Waals surface area contributed by atoms with Crippen LogP contribution in [0.25, 0.3) is 0 Å². The monoisotopic (exact) mass is 527 g/mol. The molecular weight excluding hydrogens is 502 g/mol. The normalized spacial score (nSPS) is 11.8. The molecule has 156 valence electrons. The summed E-state index contributed by atoms with van der Waals surface area (Å²) in [6.45, 7) is 2.63. The largest absolute Gasteiger partial charge is 0.411 e. The topological polar surface area (TPSA) is 45.7 Å². The van der Waals surface area contributed by atoms with E-state index in [2.05, 4.69) is 27.1 Å². The number of halogens is 4. The first kappa shape index (κ1) is 24.7. The van der Waals surface area contributed by atoms with Crippen LogP contribution in [0.2, 0.25) is 0 Å². The minimum Gasteiger partial charge on any atom is -0.367 e. The van der Waals surface area contributed by atoms with Crippen LogP contribution in [0, 0.1) is 0 Å². The molecule has 9 heteroatoms. The van der Waals surface area contributed by atoms with Crippen molar-refractivity contribution in [2.45, 2.75) is 32.7 Å². The summed E-state index contributed by atoms with van der Waals surface area (Å²) in [5, 5.41) is 8.54. The molecule has 2 aromatic rings. The van der Waals surface area contributed by atoms with E-state index in [4.69, 9.17) is 4.74 Å². The molecule has 0 spiro atoms. The Balaban J connectivity index is 0.00000392. The number of thiophene rings is 1. The zero-order valence-corrected chi connectivity index (χ0v) is 18.7. The van der Waals surface area contributed by atoms with E-state index in [-0.39, 0.29) is 30.6 Å². The summed E-state index contributed by atoms with van der Waals surface area (Å²) in [5.74, 6) is 0.716.